The van der Waals surface area contributed by atoms with Gasteiger partial charge >= 0.3 is 0 Å². The summed E-state index contributed by atoms with van der Waals surface area (Å²) in [6, 6.07) is 14.1. The Kier molecular flexibility index (Phi) is 5.56. The maximum absolute atomic E-state index is 13.1. The largest absolute Gasteiger partial charge is 0.476 e. The standard InChI is InChI=1S/C22H21ClN2O4/c1-24-9-11-25(12-10-24)19(26)14-28-22-20(27)17-13-16(23)7-8-18(17)29-21(22)15-5-3-2-4-6-15/h2-8,13H,9-12,14H2,1H3/p+1. The summed E-state index contributed by atoms with van der Waals surface area (Å²) in [5.74, 6) is 0.196. The second-order valence-corrected chi connectivity index (χ2v) is 7.66. The number of likely N-dealkylation sites (N-methyl/N-ethyl adjacent to an activating group) is 1. The number of hydrogen-bond acceptors (Lipinski definition) is 4. The van der Waals surface area contributed by atoms with E-state index >= 15 is 0 Å². The first-order chi connectivity index (χ1) is 14.0. The van der Waals surface area contributed by atoms with E-state index in [1.807, 2.05) is 30.3 Å². The third-order valence-electron chi connectivity index (χ3n) is 5.16. The molecule has 7 heteroatoms. The molecule has 29 heavy (non-hydrogen) atoms. The molecule has 1 aliphatic rings. The Morgan fingerprint density at radius 3 is 2.62 bits per heavy atom. The topological polar surface area (TPSA) is 64.2 Å². The van der Waals surface area contributed by atoms with Gasteiger partial charge in [0, 0.05) is 10.6 Å². The molecule has 1 saturated heterocycles. The Bertz CT molecular complexity index is 1090. The van der Waals surface area contributed by atoms with Crippen LogP contribution in [-0.4, -0.2) is 50.6 Å². The molecule has 3 aromatic rings. The molecule has 150 valence electrons. The number of fused-ring (bicyclic) bond motifs is 1. The van der Waals surface area contributed by atoms with Gasteiger partial charge in [0.05, 0.1) is 38.6 Å². The lowest BCUT2D eigenvalue weighted by Gasteiger charge is -2.30. The number of piperazine rings is 1. The fraction of sp³-hybridized carbons (Fsp3) is 0.273. The van der Waals surface area contributed by atoms with Gasteiger partial charge in [0.2, 0.25) is 11.2 Å². The monoisotopic (exact) mass is 413 g/mol. The van der Waals surface area contributed by atoms with E-state index < -0.39 is 0 Å². The quantitative estimate of drug-likeness (QED) is 0.709. The van der Waals surface area contributed by atoms with Gasteiger partial charge in [-0.3, -0.25) is 9.59 Å². The van der Waals surface area contributed by atoms with Crippen LogP contribution in [0.2, 0.25) is 5.02 Å². The second kappa shape index (κ2) is 8.27. The maximum atomic E-state index is 13.1. The highest BCUT2D eigenvalue weighted by atomic mass is 35.5. The van der Waals surface area contributed by atoms with E-state index in [9.17, 15) is 9.59 Å². The van der Waals surface area contributed by atoms with E-state index in [0.29, 0.717) is 40.4 Å². The third kappa shape index (κ3) is 4.13. The Morgan fingerprint density at radius 1 is 1.17 bits per heavy atom. The van der Waals surface area contributed by atoms with E-state index in [1.165, 1.54) is 4.90 Å². The minimum Gasteiger partial charge on any atom is -0.476 e. The van der Waals surface area contributed by atoms with E-state index in [1.54, 1.807) is 23.1 Å². The Labute approximate surface area is 173 Å². The molecule has 0 radical (unpaired) electrons. The average molecular weight is 414 g/mol. The molecule has 2 aromatic carbocycles. The summed E-state index contributed by atoms with van der Waals surface area (Å²) in [5.41, 5.74) is 0.772. The van der Waals surface area contributed by atoms with E-state index in [0.717, 1.165) is 13.1 Å². The Hall–Kier alpha value is -2.83. The van der Waals surface area contributed by atoms with Crippen LogP contribution in [0.4, 0.5) is 0 Å². The Balaban J connectivity index is 1.69. The van der Waals surface area contributed by atoms with Gasteiger partial charge in [-0.15, -0.1) is 0 Å². The summed E-state index contributed by atoms with van der Waals surface area (Å²) >= 11 is 6.06. The summed E-state index contributed by atoms with van der Waals surface area (Å²) in [4.78, 5) is 28.9. The molecule has 0 aliphatic carbocycles. The van der Waals surface area contributed by atoms with Gasteiger partial charge in [-0.1, -0.05) is 41.9 Å². The zero-order chi connectivity index (χ0) is 20.4. The molecule has 0 spiro atoms. The van der Waals surface area contributed by atoms with Crippen LogP contribution in [0, 0.1) is 0 Å². The maximum Gasteiger partial charge on any atom is 0.260 e. The van der Waals surface area contributed by atoms with Crippen LogP contribution in [0.25, 0.3) is 22.3 Å². The lowest BCUT2D eigenvalue weighted by Crippen LogP contribution is -3.12. The van der Waals surface area contributed by atoms with Crippen LogP contribution >= 0.6 is 11.6 Å². The van der Waals surface area contributed by atoms with Gasteiger partial charge in [0.15, 0.2) is 12.4 Å². The number of nitrogens with one attached hydrogen (secondary N) is 1. The number of carbonyl (C=O) groups is 1. The highest BCUT2D eigenvalue weighted by Crippen LogP contribution is 2.31. The van der Waals surface area contributed by atoms with Crippen molar-refractivity contribution in [3.63, 3.8) is 0 Å². The highest BCUT2D eigenvalue weighted by molar-refractivity contribution is 6.31. The van der Waals surface area contributed by atoms with Crippen molar-refractivity contribution in [1.82, 2.24) is 4.90 Å². The van der Waals surface area contributed by atoms with Crippen molar-refractivity contribution in [3.8, 4) is 17.1 Å². The molecule has 0 unspecified atom stereocenters. The molecule has 0 atom stereocenters. The van der Waals surface area contributed by atoms with Crippen molar-refractivity contribution in [2.75, 3.05) is 39.8 Å². The molecule has 0 saturated carbocycles. The summed E-state index contributed by atoms with van der Waals surface area (Å²) in [6.07, 6.45) is 0. The van der Waals surface area contributed by atoms with Crippen LogP contribution in [0.15, 0.2) is 57.7 Å². The zero-order valence-electron chi connectivity index (χ0n) is 16.1. The summed E-state index contributed by atoms with van der Waals surface area (Å²) in [6.45, 7) is 2.95. The van der Waals surface area contributed by atoms with Crippen LogP contribution in [0.1, 0.15) is 0 Å². The van der Waals surface area contributed by atoms with E-state index in [2.05, 4.69) is 7.05 Å². The number of rotatable bonds is 4. The van der Waals surface area contributed by atoms with Crippen LogP contribution in [0.5, 0.6) is 5.75 Å². The lowest BCUT2D eigenvalue weighted by atomic mass is 10.1. The smallest absolute Gasteiger partial charge is 0.260 e. The number of benzene rings is 2. The first-order valence-corrected chi connectivity index (χ1v) is 9.94. The van der Waals surface area contributed by atoms with Crippen LogP contribution in [0.3, 0.4) is 0 Å². The van der Waals surface area contributed by atoms with Gasteiger partial charge in [-0.25, -0.2) is 0 Å². The number of amides is 1. The molecule has 0 bridgehead atoms. The first kappa shape index (κ1) is 19.5. The number of quaternary nitrogens is 1. The van der Waals surface area contributed by atoms with Crippen molar-refractivity contribution in [3.05, 3.63) is 63.8 Å². The number of halogens is 1. The number of carbonyl (C=O) groups excluding carboxylic acids is 1. The van der Waals surface area contributed by atoms with Crippen LogP contribution in [-0.2, 0) is 4.79 Å². The normalized spacial score (nSPS) is 14.9. The number of ether oxygens (including phenoxy) is 1. The second-order valence-electron chi connectivity index (χ2n) is 7.22. The molecule has 1 amide bonds. The van der Waals surface area contributed by atoms with E-state index in [4.69, 9.17) is 20.8 Å². The number of hydrogen-bond donors (Lipinski definition) is 1. The SMILES string of the molecule is C[NH+]1CCN(C(=O)COc2c(-c3ccccc3)oc3ccc(Cl)cc3c2=O)CC1. The molecule has 1 aromatic heterocycles. The predicted molar refractivity (Wildman–Crippen MR) is 112 cm³/mol. The average Bonchev–Trinajstić information content (AvgIpc) is 2.74. The van der Waals surface area contributed by atoms with Crippen LogP contribution < -0.4 is 15.1 Å². The number of nitrogens with zero attached hydrogens (tertiary/aromatic N) is 1. The fourth-order valence-electron chi connectivity index (χ4n) is 3.42. The first-order valence-electron chi connectivity index (χ1n) is 9.56. The van der Waals surface area contributed by atoms with Gasteiger partial charge < -0.3 is 19.0 Å². The molecule has 1 aliphatic heterocycles. The molecule has 4 rings (SSSR count). The molecule has 1 N–H and O–H groups in total. The molecular formula is C22H22ClN2O4+. The minimum atomic E-state index is -0.344. The van der Waals surface area contributed by atoms with Gasteiger partial charge in [-0.05, 0) is 18.2 Å². The van der Waals surface area contributed by atoms with Gasteiger partial charge in [-0.2, -0.15) is 0 Å². The van der Waals surface area contributed by atoms with Crippen molar-refractivity contribution in [1.29, 1.82) is 0 Å². The molecule has 1 fully saturated rings. The van der Waals surface area contributed by atoms with Gasteiger partial charge in [0.25, 0.3) is 5.91 Å². The lowest BCUT2D eigenvalue weighted by molar-refractivity contribution is -0.883. The third-order valence-corrected chi connectivity index (χ3v) is 5.39. The van der Waals surface area contributed by atoms with Crippen molar-refractivity contribution >= 4 is 28.5 Å². The van der Waals surface area contributed by atoms with E-state index in [-0.39, 0.29) is 23.7 Å². The zero-order valence-corrected chi connectivity index (χ0v) is 16.9. The van der Waals surface area contributed by atoms with Crippen molar-refractivity contribution in [2.45, 2.75) is 0 Å². The molecule has 2 heterocycles. The highest BCUT2D eigenvalue weighted by Gasteiger charge is 2.24. The summed E-state index contributed by atoms with van der Waals surface area (Å²) in [7, 11) is 2.11. The fourth-order valence-corrected chi connectivity index (χ4v) is 3.60. The Morgan fingerprint density at radius 2 is 1.90 bits per heavy atom. The summed E-state index contributed by atoms with van der Waals surface area (Å²) in [5, 5.41) is 0.752. The van der Waals surface area contributed by atoms with Gasteiger partial charge in [0.1, 0.15) is 5.58 Å². The predicted octanol–water partition coefficient (Wildman–Crippen LogP) is 1.85. The van der Waals surface area contributed by atoms with Crippen molar-refractivity contribution in [2.24, 2.45) is 0 Å². The summed E-state index contributed by atoms with van der Waals surface area (Å²) < 4.78 is 11.8. The minimum absolute atomic E-state index is 0.0269. The molecular weight excluding hydrogens is 392 g/mol. The molecule has 6 nitrogen and oxygen atoms in total. The van der Waals surface area contributed by atoms with Crippen molar-refractivity contribution < 1.29 is 18.8 Å².